The summed E-state index contributed by atoms with van der Waals surface area (Å²) >= 11 is 0. The van der Waals surface area contributed by atoms with E-state index in [1.54, 1.807) is 0 Å². The van der Waals surface area contributed by atoms with Gasteiger partial charge in [-0.05, 0) is 61.7 Å². The van der Waals surface area contributed by atoms with Crippen LogP contribution in [0, 0.1) is 6.92 Å². The van der Waals surface area contributed by atoms with E-state index in [0.29, 0.717) is 17.3 Å². The average Bonchev–Trinajstić information content (AvgIpc) is 3.50. The first-order valence-electron chi connectivity index (χ1n) is 10.6. The lowest BCUT2D eigenvalue weighted by molar-refractivity contribution is 0.0735. The van der Waals surface area contributed by atoms with Crippen LogP contribution in [0.4, 0.5) is 0 Å². The molecule has 1 fully saturated rings. The highest BCUT2D eigenvalue weighted by Crippen LogP contribution is 2.33. The van der Waals surface area contributed by atoms with Gasteiger partial charge in [-0.15, -0.1) is 10.2 Å². The van der Waals surface area contributed by atoms with Crippen LogP contribution in [0.2, 0.25) is 0 Å². The lowest BCUT2D eigenvalue weighted by atomic mass is 10.0. The van der Waals surface area contributed by atoms with E-state index in [9.17, 15) is 4.79 Å². The number of rotatable bonds is 4. The maximum absolute atomic E-state index is 13.2. The molecule has 3 aromatic carbocycles. The second-order valence-corrected chi connectivity index (χ2v) is 7.93. The molecule has 1 atom stereocenters. The molecule has 0 N–H and O–H groups in total. The molecule has 1 saturated heterocycles. The van der Waals surface area contributed by atoms with E-state index < -0.39 is 0 Å². The Kier molecular flexibility index (Phi) is 5.08. The van der Waals surface area contributed by atoms with Crippen LogP contribution in [-0.2, 0) is 0 Å². The van der Waals surface area contributed by atoms with Crippen molar-refractivity contribution < 1.29 is 9.21 Å². The molecular weight excluding hydrogens is 386 g/mol. The molecular formula is C26H23N3O2. The zero-order valence-corrected chi connectivity index (χ0v) is 17.4. The van der Waals surface area contributed by atoms with Gasteiger partial charge in [0, 0.05) is 23.2 Å². The number of hydrogen-bond donors (Lipinski definition) is 0. The number of likely N-dealkylation sites (tertiary alicyclic amines) is 1. The second kappa shape index (κ2) is 8.19. The SMILES string of the molecule is Cc1cccc(-c2nnc(-c3ccc(C(=O)N4CCCC4c4ccccc4)cc3)o2)c1. The molecule has 2 heterocycles. The van der Waals surface area contributed by atoms with Gasteiger partial charge in [-0.2, -0.15) is 0 Å². The van der Waals surface area contributed by atoms with Crippen molar-refractivity contribution in [1.29, 1.82) is 0 Å². The molecule has 1 unspecified atom stereocenters. The maximum atomic E-state index is 13.2. The number of carbonyl (C=O) groups excluding carboxylic acids is 1. The molecule has 0 saturated carbocycles. The standard InChI is InChI=1S/C26H23N3O2/c1-18-7-5-10-22(17-18)25-28-27-24(31-25)20-12-14-21(15-13-20)26(30)29-16-6-11-23(29)19-8-3-2-4-9-19/h2-5,7-10,12-15,17,23H,6,11,16H2,1H3. The lowest BCUT2D eigenvalue weighted by Crippen LogP contribution is -2.30. The van der Waals surface area contributed by atoms with Crippen molar-refractivity contribution in [2.75, 3.05) is 6.54 Å². The second-order valence-electron chi connectivity index (χ2n) is 7.93. The molecule has 4 aromatic rings. The zero-order valence-electron chi connectivity index (χ0n) is 17.4. The monoisotopic (exact) mass is 409 g/mol. The van der Waals surface area contributed by atoms with Gasteiger partial charge < -0.3 is 9.32 Å². The Morgan fingerprint density at radius 3 is 2.39 bits per heavy atom. The summed E-state index contributed by atoms with van der Waals surface area (Å²) in [7, 11) is 0. The Hall–Kier alpha value is -3.73. The molecule has 5 nitrogen and oxygen atoms in total. The Morgan fingerprint density at radius 2 is 1.65 bits per heavy atom. The van der Waals surface area contributed by atoms with Crippen LogP contribution in [0.25, 0.3) is 22.9 Å². The summed E-state index contributed by atoms with van der Waals surface area (Å²) < 4.78 is 5.87. The summed E-state index contributed by atoms with van der Waals surface area (Å²) in [5, 5.41) is 8.36. The average molecular weight is 409 g/mol. The van der Waals surface area contributed by atoms with Crippen LogP contribution >= 0.6 is 0 Å². The summed E-state index contributed by atoms with van der Waals surface area (Å²) in [5.74, 6) is 0.990. The molecule has 0 radical (unpaired) electrons. The molecule has 5 heteroatoms. The number of aromatic nitrogens is 2. The number of aryl methyl sites for hydroxylation is 1. The molecule has 1 amide bonds. The van der Waals surface area contributed by atoms with Gasteiger partial charge in [0.1, 0.15) is 0 Å². The normalized spacial score (nSPS) is 15.9. The van der Waals surface area contributed by atoms with Gasteiger partial charge in [0.25, 0.3) is 5.91 Å². The summed E-state index contributed by atoms with van der Waals surface area (Å²) in [6, 6.07) is 25.8. The van der Waals surface area contributed by atoms with Crippen LogP contribution < -0.4 is 0 Å². The third-order valence-corrected chi connectivity index (χ3v) is 5.77. The molecule has 1 aliphatic rings. The Labute approximate surface area is 181 Å². The van der Waals surface area contributed by atoms with E-state index in [2.05, 4.69) is 22.3 Å². The van der Waals surface area contributed by atoms with Crippen molar-refractivity contribution in [3.05, 3.63) is 95.6 Å². The predicted octanol–water partition coefficient (Wildman–Crippen LogP) is 5.69. The van der Waals surface area contributed by atoms with Crippen molar-refractivity contribution >= 4 is 5.91 Å². The first kappa shape index (κ1) is 19.2. The van der Waals surface area contributed by atoms with Gasteiger partial charge in [0.05, 0.1) is 6.04 Å². The minimum atomic E-state index is 0.0591. The van der Waals surface area contributed by atoms with E-state index in [0.717, 1.165) is 36.1 Å². The highest BCUT2D eigenvalue weighted by molar-refractivity contribution is 5.95. The number of hydrogen-bond acceptors (Lipinski definition) is 4. The summed E-state index contributed by atoms with van der Waals surface area (Å²) in [4.78, 5) is 15.2. The molecule has 0 aliphatic carbocycles. The highest BCUT2D eigenvalue weighted by atomic mass is 16.4. The summed E-state index contributed by atoms with van der Waals surface area (Å²) in [6.07, 6.45) is 2.02. The fourth-order valence-corrected chi connectivity index (χ4v) is 4.19. The van der Waals surface area contributed by atoms with Gasteiger partial charge in [0.15, 0.2) is 0 Å². The molecule has 0 spiro atoms. The first-order valence-corrected chi connectivity index (χ1v) is 10.6. The predicted molar refractivity (Wildman–Crippen MR) is 119 cm³/mol. The Bertz CT molecular complexity index is 1200. The van der Waals surface area contributed by atoms with Crippen molar-refractivity contribution in [3.8, 4) is 22.9 Å². The third kappa shape index (κ3) is 3.87. The fourth-order valence-electron chi connectivity index (χ4n) is 4.19. The minimum absolute atomic E-state index is 0.0591. The van der Waals surface area contributed by atoms with E-state index in [-0.39, 0.29) is 11.9 Å². The number of benzene rings is 3. The number of nitrogens with zero attached hydrogens (tertiary/aromatic N) is 3. The smallest absolute Gasteiger partial charge is 0.254 e. The van der Waals surface area contributed by atoms with Gasteiger partial charge in [-0.1, -0.05) is 48.0 Å². The largest absolute Gasteiger partial charge is 0.416 e. The van der Waals surface area contributed by atoms with E-state index >= 15 is 0 Å². The van der Waals surface area contributed by atoms with Gasteiger partial charge in [-0.25, -0.2) is 0 Å². The van der Waals surface area contributed by atoms with E-state index in [1.807, 2.05) is 78.6 Å². The van der Waals surface area contributed by atoms with Gasteiger partial charge in [0.2, 0.25) is 11.8 Å². The molecule has 1 aliphatic heterocycles. The molecule has 0 bridgehead atoms. The molecule has 154 valence electrons. The van der Waals surface area contributed by atoms with Gasteiger partial charge >= 0.3 is 0 Å². The van der Waals surface area contributed by atoms with E-state index in [4.69, 9.17) is 4.42 Å². The Balaban J connectivity index is 1.35. The van der Waals surface area contributed by atoms with Crippen molar-refractivity contribution in [1.82, 2.24) is 15.1 Å². The zero-order chi connectivity index (χ0) is 21.2. The molecule has 31 heavy (non-hydrogen) atoms. The summed E-state index contributed by atoms with van der Waals surface area (Å²) in [5.41, 5.74) is 4.69. The molecule has 5 rings (SSSR count). The lowest BCUT2D eigenvalue weighted by Gasteiger charge is -2.25. The number of amides is 1. The molecule has 1 aromatic heterocycles. The topological polar surface area (TPSA) is 59.2 Å². The van der Waals surface area contributed by atoms with Crippen LogP contribution in [0.15, 0.2) is 83.3 Å². The van der Waals surface area contributed by atoms with Crippen molar-refractivity contribution in [2.24, 2.45) is 0 Å². The van der Waals surface area contributed by atoms with Crippen molar-refractivity contribution in [3.63, 3.8) is 0 Å². The fraction of sp³-hybridized carbons (Fsp3) is 0.192. The quantitative estimate of drug-likeness (QED) is 0.434. The first-order chi connectivity index (χ1) is 15.2. The van der Waals surface area contributed by atoms with Crippen LogP contribution in [0.1, 0.15) is 40.4 Å². The van der Waals surface area contributed by atoms with Crippen LogP contribution in [0.3, 0.4) is 0 Å². The maximum Gasteiger partial charge on any atom is 0.254 e. The number of carbonyl (C=O) groups is 1. The van der Waals surface area contributed by atoms with Gasteiger partial charge in [-0.3, -0.25) is 4.79 Å². The minimum Gasteiger partial charge on any atom is -0.416 e. The highest BCUT2D eigenvalue weighted by Gasteiger charge is 2.30. The van der Waals surface area contributed by atoms with Crippen LogP contribution in [0.5, 0.6) is 0 Å². The third-order valence-electron chi connectivity index (χ3n) is 5.77. The Morgan fingerprint density at radius 1 is 0.903 bits per heavy atom. The van der Waals surface area contributed by atoms with E-state index in [1.165, 1.54) is 5.56 Å². The van der Waals surface area contributed by atoms with Crippen molar-refractivity contribution in [2.45, 2.75) is 25.8 Å². The van der Waals surface area contributed by atoms with Crippen LogP contribution in [-0.4, -0.2) is 27.5 Å². The summed E-state index contributed by atoms with van der Waals surface area (Å²) in [6.45, 7) is 2.81.